The Morgan fingerprint density at radius 2 is 2.10 bits per heavy atom. The molecule has 1 aliphatic rings. The predicted octanol–water partition coefficient (Wildman–Crippen LogP) is 2.50. The number of nitro groups is 1. The molecule has 0 bridgehead atoms. The zero-order chi connectivity index (χ0) is 14.9. The summed E-state index contributed by atoms with van der Waals surface area (Å²) in [5, 5.41) is 10.2. The maximum Gasteiger partial charge on any atom is 0.213 e. The third-order valence-corrected chi connectivity index (χ3v) is 3.64. The van der Waals surface area contributed by atoms with Gasteiger partial charge in [-0.15, -0.1) is 0 Å². The molecule has 0 unspecified atom stereocenters. The topological polar surface area (TPSA) is 68.5 Å². The molecule has 1 aromatic heterocycles. The summed E-state index contributed by atoms with van der Waals surface area (Å²) >= 11 is 0. The highest BCUT2D eigenvalue weighted by Crippen LogP contribution is 2.15. The van der Waals surface area contributed by atoms with Gasteiger partial charge in [0.15, 0.2) is 0 Å². The van der Waals surface area contributed by atoms with Crippen molar-refractivity contribution in [2.24, 2.45) is 0 Å². The fourth-order valence-electron chi connectivity index (χ4n) is 2.52. The van der Waals surface area contributed by atoms with E-state index in [1.807, 2.05) is 12.1 Å². The van der Waals surface area contributed by atoms with Crippen LogP contribution in [-0.4, -0.2) is 41.0 Å². The minimum Gasteiger partial charge on any atom is -0.478 e. The van der Waals surface area contributed by atoms with Gasteiger partial charge in [0.05, 0.1) is 6.61 Å². The summed E-state index contributed by atoms with van der Waals surface area (Å²) in [5.74, 6) is 0.616. The Kier molecular flexibility index (Phi) is 6.40. The number of unbranched alkanes of at least 4 members (excludes halogenated alkanes) is 1. The van der Waals surface area contributed by atoms with Gasteiger partial charge in [-0.3, -0.25) is 15.0 Å². The van der Waals surface area contributed by atoms with Crippen LogP contribution in [0.1, 0.15) is 37.7 Å². The molecule has 2 heterocycles. The second kappa shape index (κ2) is 8.56. The van der Waals surface area contributed by atoms with Crippen LogP contribution in [0.25, 0.3) is 0 Å². The lowest BCUT2D eigenvalue weighted by molar-refractivity contribution is -0.480. The number of ether oxygens (including phenoxy) is 1. The maximum atomic E-state index is 10.2. The van der Waals surface area contributed by atoms with Crippen LogP contribution < -0.4 is 4.74 Å². The van der Waals surface area contributed by atoms with Gasteiger partial charge < -0.3 is 4.74 Å². The van der Waals surface area contributed by atoms with Gasteiger partial charge in [-0.25, -0.2) is 4.98 Å². The molecule has 0 spiro atoms. The standard InChI is InChI=1S/C15H23N3O3/c19-18(20)10-4-5-11-21-15-12-14(6-7-16-15)13-17-8-2-1-3-9-17/h6-7,12H,1-5,8-11,13H2. The van der Waals surface area contributed by atoms with Gasteiger partial charge in [0.2, 0.25) is 12.4 Å². The van der Waals surface area contributed by atoms with Crippen LogP contribution in [-0.2, 0) is 6.54 Å². The second-order valence-electron chi connectivity index (χ2n) is 5.45. The van der Waals surface area contributed by atoms with E-state index in [2.05, 4.69) is 9.88 Å². The smallest absolute Gasteiger partial charge is 0.213 e. The van der Waals surface area contributed by atoms with Crippen LogP contribution in [0.4, 0.5) is 0 Å². The van der Waals surface area contributed by atoms with Gasteiger partial charge in [0.25, 0.3) is 0 Å². The molecule has 0 amide bonds. The van der Waals surface area contributed by atoms with Crippen molar-refractivity contribution in [1.29, 1.82) is 0 Å². The fourth-order valence-corrected chi connectivity index (χ4v) is 2.52. The van der Waals surface area contributed by atoms with E-state index in [1.54, 1.807) is 6.20 Å². The fraction of sp³-hybridized carbons (Fsp3) is 0.667. The molecule has 1 aromatic rings. The second-order valence-corrected chi connectivity index (χ2v) is 5.45. The third-order valence-electron chi connectivity index (χ3n) is 3.64. The average molecular weight is 293 g/mol. The molecule has 2 rings (SSSR count). The van der Waals surface area contributed by atoms with Gasteiger partial charge in [0, 0.05) is 30.2 Å². The molecular formula is C15H23N3O3. The lowest BCUT2D eigenvalue weighted by Crippen LogP contribution is -2.29. The molecule has 116 valence electrons. The first-order valence-electron chi connectivity index (χ1n) is 7.66. The maximum absolute atomic E-state index is 10.2. The molecule has 6 nitrogen and oxygen atoms in total. The number of hydrogen-bond donors (Lipinski definition) is 0. The Balaban J connectivity index is 1.73. The summed E-state index contributed by atoms with van der Waals surface area (Å²) in [6.45, 7) is 3.76. The molecule has 1 aliphatic heterocycles. The van der Waals surface area contributed by atoms with Crippen LogP contribution in [0.15, 0.2) is 18.3 Å². The molecule has 1 saturated heterocycles. The Hall–Kier alpha value is -1.69. The summed E-state index contributed by atoms with van der Waals surface area (Å²) < 4.78 is 5.57. The van der Waals surface area contributed by atoms with Crippen LogP contribution >= 0.6 is 0 Å². The van der Waals surface area contributed by atoms with Crippen LogP contribution in [0.3, 0.4) is 0 Å². The lowest BCUT2D eigenvalue weighted by Gasteiger charge is -2.26. The Morgan fingerprint density at radius 3 is 2.86 bits per heavy atom. The van der Waals surface area contributed by atoms with Crippen LogP contribution in [0, 0.1) is 10.1 Å². The molecule has 0 N–H and O–H groups in total. The minimum atomic E-state index is -0.294. The van der Waals surface area contributed by atoms with Crippen molar-refractivity contribution >= 4 is 0 Å². The van der Waals surface area contributed by atoms with Crippen molar-refractivity contribution < 1.29 is 9.66 Å². The molecule has 0 aliphatic carbocycles. The summed E-state index contributed by atoms with van der Waals surface area (Å²) in [4.78, 5) is 16.6. The quantitative estimate of drug-likeness (QED) is 0.418. The highest BCUT2D eigenvalue weighted by Gasteiger charge is 2.10. The van der Waals surface area contributed by atoms with Crippen LogP contribution in [0.2, 0.25) is 0 Å². The zero-order valence-corrected chi connectivity index (χ0v) is 12.4. The molecule has 21 heavy (non-hydrogen) atoms. The van der Waals surface area contributed by atoms with Gasteiger partial charge in [0.1, 0.15) is 0 Å². The molecule has 0 atom stereocenters. The monoisotopic (exact) mass is 293 g/mol. The highest BCUT2D eigenvalue weighted by atomic mass is 16.6. The summed E-state index contributed by atoms with van der Waals surface area (Å²) in [5.41, 5.74) is 1.21. The Bertz CT molecular complexity index is 448. The van der Waals surface area contributed by atoms with Gasteiger partial charge in [-0.2, -0.15) is 0 Å². The first-order chi connectivity index (χ1) is 10.2. The lowest BCUT2D eigenvalue weighted by atomic mass is 10.1. The molecule has 6 heteroatoms. The van der Waals surface area contributed by atoms with Crippen LogP contribution in [0.5, 0.6) is 5.88 Å². The first-order valence-corrected chi connectivity index (χ1v) is 7.66. The molecule has 0 radical (unpaired) electrons. The zero-order valence-electron chi connectivity index (χ0n) is 12.4. The Labute approximate surface area is 125 Å². The van der Waals surface area contributed by atoms with E-state index in [9.17, 15) is 10.1 Å². The highest BCUT2D eigenvalue weighted by molar-refractivity contribution is 5.20. The average Bonchev–Trinajstić information content (AvgIpc) is 2.48. The van der Waals surface area contributed by atoms with Crippen molar-refractivity contribution in [3.05, 3.63) is 34.0 Å². The predicted molar refractivity (Wildman–Crippen MR) is 80.0 cm³/mol. The number of piperidine rings is 1. The summed E-state index contributed by atoms with van der Waals surface area (Å²) in [6, 6.07) is 4.00. The molecular weight excluding hydrogens is 270 g/mol. The van der Waals surface area contributed by atoms with E-state index < -0.39 is 0 Å². The number of pyridine rings is 1. The summed E-state index contributed by atoms with van der Waals surface area (Å²) in [7, 11) is 0. The number of likely N-dealkylation sites (tertiary alicyclic amines) is 1. The largest absolute Gasteiger partial charge is 0.478 e. The minimum absolute atomic E-state index is 0.00574. The van der Waals surface area contributed by atoms with Crippen molar-refractivity contribution in [2.45, 2.75) is 38.6 Å². The van der Waals surface area contributed by atoms with Crippen molar-refractivity contribution in [2.75, 3.05) is 26.2 Å². The SMILES string of the molecule is O=[N+]([O-])CCCCOc1cc(CN2CCCCC2)ccn1. The molecule has 0 aromatic carbocycles. The van der Waals surface area contributed by atoms with E-state index >= 15 is 0 Å². The molecule has 1 fully saturated rings. The van der Waals surface area contributed by atoms with E-state index in [0.717, 1.165) is 6.54 Å². The third kappa shape index (κ3) is 6.08. The van der Waals surface area contributed by atoms with Crippen molar-refractivity contribution in [1.82, 2.24) is 9.88 Å². The van der Waals surface area contributed by atoms with Crippen molar-refractivity contribution in [3.63, 3.8) is 0 Å². The van der Waals surface area contributed by atoms with E-state index in [4.69, 9.17) is 4.74 Å². The molecule has 0 saturated carbocycles. The number of rotatable bonds is 8. The van der Waals surface area contributed by atoms with E-state index in [0.29, 0.717) is 25.3 Å². The van der Waals surface area contributed by atoms with Crippen molar-refractivity contribution in [3.8, 4) is 5.88 Å². The van der Waals surface area contributed by atoms with E-state index in [-0.39, 0.29) is 11.5 Å². The number of hydrogen-bond acceptors (Lipinski definition) is 5. The number of nitrogens with zero attached hydrogens (tertiary/aromatic N) is 3. The Morgan fingerprint density at radius 1 is 1.29 bits per heavy atom. The number of aromatic nitrogens is 1. The first kappa shape index (κ1) is 15.7. The summed E-state index contributed by atoms with van der Waals surface area (Å²) in [6.07, 6.45) is 6.90. The normalized spacial score (nSPS) is 15.8. The van der Waals surface area contributed by atoms with E-state index in [1.165, 1.54) is 37.9 Å². The van der Waals surface area contributed by atoms with Gasteiger partial charge >= 0.3 is 0 Å². The van der Waals surface area contributed by atoms with Gasteiger partial charge in [-0.05, 0) is 44.0 Å². The van der Waals surface area contributed by atoms with Gasteiger partial charge in [-0.1, -0.05) is 6.42 Å².